The van der Waals surface area contributed by atoms with Gasteiger partial charge in [-0.05, 0) is 48.1 Å². The first-order chi connectivity index (χ1) is 9.46. The molecule has 2 nitrogen and oxygen atoms in total. The van der Waals surface area contributed by atoms with Crippen LogP contribution in [-0.4, -0.2) is 6.04 Å². The molecular formula is C18H22N2. The molecule has 0 radical (unpaired) electrons. The van der Waals surface area contributed by atoms with Gasteiger partial charge in [0.15, 0.2) is 0 Å². The number of anilines is 1. The van der Waals surface area contributed by atoms with Crippen LogP contribution in [0.3, 0.4) is 0 Å². The number of aryl methyl sites for hydroxylation is 1. The first-order valence-corrected chi connectivity index (χ1v) is 7.18. The van der Waals surface area contributed by atoms with Crippen molar-refractivity contribution >= 4 is 5.69 Å². The van der Waals surface area contributed by atoms with Crippen LogP contribution in [0.5, 0.6) is 0 Å². The SMILES string of the molecule is Cc1cc(C2(C)c3ccccc3C(C)C2N)ccc1N. The Morgan fingerprint density at radius 1 is 1.10 bits per heavy atom. The van der Waals surface area contributed by atoms with Crippen LogP contribution >= 0.6 is 0 Å². The van der Waals surface area contributed by atoms with Crippen LogP contribution < -0.4 is 11.5 Å². The fourth-order valence-corrected chi connectivity index (χ4v) is 3.59. The second-order valence-electron chi connectivity index (χ2n) is 6.18. The molecule has 0 spiro atoms. The summed E-state index contributed by atoms with van der Waals surface area (Å²) >= 11 is 0. The Morgan fingerprint density at radius 3 is 2.50 bits per heavy atom. The van der Waals surface area contributed by atoms with Gasteiger partial charge in [-0.1, -0.05) is 43.3 Å². The minimum Gasteiger partial charge on any atom is -0.399 e. The van der Waals surface area contributed by atoms with Gasteiger partial charge in [0.25, 0.3) is 0 Å². The lowest BCUT2D eigenvalue weighted by molar-refractivity contribution is 0.439. The second-order valence-corrected chi connectivity index (χ2v) is 6.18. The molecule has 2 aromatic carbocycles. The lowest BCUT2D eigenvalue weighted by atomic mass is 9.73. The molecule has 2 aromatic rings. The Balaban J connectivity index is 2.23. The van der Waals surface area contributed by atoms with Crippen molar-refractivity contribution in [3.63, 3.8) is 0 Å². The normalized spacial score (nSPS) is 28.4. The van der Waals surface area contributed by atoms with Crippen molar-refractivity contribution in [3.05, 3.63) is 64.7 Å². The van der Waals surface area contributed by atoms with E-state index in [2.05, 4.69) is 57.2 Å². The molecule has 2 heteroatoms. The van der Waals surface area contributed by atoms with Gasteiger partial charge in [-0.25, -0.2) is 0 Å². The zero-order valence-corrected chi connectivity index (χ0v) is 12.4. The highest BCUT2D eigenvalue weighted by molar-refractivity contribution is 5.56. The summed E-state index contributed by atoms with van der Waals surface area (Å²) in [6.07, 6.45) is 0. The Bertz CT molecular complexity index is 662. The van der Waals surface area contributed by atoms with Crippen molar-refractivity contribution in [3.8, 4) is 0 Å². The van der Waals surface area contributed by atoms with E-state index in [1.165, 1.54) is 16.7 Å². The number of hydrogen-bond donors (Lipinski definition) is 2. The Morgan fingerprint density at radius 2 is 1.80 bits per heavy atom. The van der Waals surface area contributed by atoms with E-state index in [1.807, 2.05) is 6.07 Å². The third-order valence-corrected chi connectivity index (χ3v) is 5.09. The first-order valence-electron chi connectivity index (χ1n) is 7.18. The van der Waals surface area contributed by atoms with E-state index in [-0.39, 0.29) is 11.5 Å². The topological polar surface area (TPSA) is 52.0 Å². The molecule has 3 atom stereocenters. The van der Waals surface area contributed by atoms with Crippen molar-refractivity contribution in [1.29, 1.82) is 0 Å². The fraction of sp³-hybridized carbons (Fsp3) is 0.333. The van der Waals surface area contributed by atoms with Crippen molar-refractivity contribution in [2.24, 2.45) is 5.73 Å². The summed E-state index contributed by atoms with van der Waals surface area (Å²) < 4.78 is 0. The standard InChI is InChI=1S/C18H22N2/c1-11-10-13(8-9-16(11)19)18(3)15-7-5-4-6-14(15)12(2)17(18)20/h4-10,12,17H,19-20H2,1-3H3. The molecule has 1 aliphatic rings. The molecule has 0 aromatic heterocycles. The van der Waals surface area contributed by atoms with Gasteiger partial charge in [-0.2, -0.15) is 0 Å². The van der Waals surface area contributed by atoms with E-state index in [0.717, 1.165) is 11.3 Å². The van der Waals surface area contributed by atoms with Crippen LogP contribution in [0.25, 0.3) is 0 Å². The summed E-state index contributed by atoms with van der Waals surface area (Å²) in [7, 11) is 0. The smallest absolute Gasteiger partial charge is 0.0343 e. The minimum atomic E-state index is -0.144. The lowest BCUT2D eigenvalue weighted by Crippen LogP contribution is -2.42. The minimum absolute atomic E-state index is 0.0860. The highest BCUT2D eigenvalue weighted by atomic mass is 14.7. The van der Waals surface area contributed by atoms with Crippen LogP contribution in [-0.2, 0) is 5.41 Å². The Kier molecular flexibility index (Phi) is 2.87. The third-order valence-electron chi connectivity index (χ3n) is 5.09. The van der Waals surface area contributed by atoms with Gasteiger partial charge in [0.1, 0.15) is 0 Å². The third kappa shape index (κ3) is 1.61. The molecule has 0 saturated heterocycles. The highest BCUT2D eigenvalue weighted by Crippen LogP contribution is 2.49. The van der Waals surface area contributed by atoms with Gasteiger partial charge in [-0.15, -0.1) is 0 Å². The number of nitrogen functional groups attached to an aromatic ring is 1. The van der Waals surface area contributed by atoms with E-state index in [4.69, 9.17) is 11.5 Å². The molecular weight excluding hydrogens is 244 g/mol. The van der Waals surface area contributed by atoms with Crippen molar-refractivity contribution in [2.45, 2.75) is 38.1 Å². The molecule has 0 amide bonds. The summed E-state index contributed by atoms with van der Waals surface area (Å²) in [6, 6.07) is 15.0. The summed E-state index contributed by atoms with van der Waals surface area (Å²) in [5.74, 6) is 0.369. The highest BCUT2D eigenvalue weighted by Gasteiger charge is 2.46. The van der Waals surface area contributed by atoms with Crippen molar-refractivity contribution in [1.82, 2.24) is 0 Å². The van der Waals surface area contributed by atoms with Crippen molar-refractivity contribution in [2.75, 3.05) is 5.73 Å². The molecule has 0 aliphatic heterocycles. The monoisotopic (exact) mass is 266 g/mol. The maximum absolute atomic E-state index is 6.60. The largest absolute Gasteiger partial charge is 0.399 e. The van der Waals surface area contributed by atoms with E-state index >= 15 is 0 Å². The summed E-state index contributed by atoms with van der Waals surface area (Å²) in [5.41, 5.74) is 18.3. The Labute approximate surface area is 120 Å². The number of benzene rings is 2. The average molecular weight is 266 g/mol. The molecule has 4 N–H and O–H groups in total. The molecule has 1 aliphatic carbocycles. The fourth-order valence-electron chi connectivity index (χ4n) is 3.59. The molecule has 104 valence electrons. The van der Waals surface area contributed by atoms with Crippen molar-refractivity contribution < 1.29 is 0 Å². The van der Waals surface area contributed by atoms with Crippen LogP contribution in [0.1, 0.15) is 42.0 Å². The second kappa shape index (κ2) is 4.35. The Hall–Kier alpha value is -1.80. The van der Waals surface area contributed by atoms with E-state index in [0.29, 0.717) is 5.92 Å². The van der Waals surface area contributed by atoms with Gasteiger partial charge in [-0.3, -0.25) is 0 Å². The molecule has 3 unspecified atom stereocenters. The first kappa shape index (κ1) is 13.2. The zero-order valence-electron chi connectivity index (χ0n) is 12.4. The quantitative estimate of drug-likeness (QED) is 0.778. The van der Waals surface area contributed by atoms with E-state index in [9.17, 15) is 0 Å². The number of fused-ring (bicyclic) bond motifs is 1. The predicted octanol–water partition coefficient (Wildman–Crippen LogP) is 3.33. The molecule has 20 heavy (non-hydrogen) atoms. The summed E-state index contributed by atoms with van der Waals surface area (Å²) in [4.78, 5) is 0. The number of hydrogen-bond acceptors (Lipinski definition) is 2. The molecule has 0 bridgehead atoms. The molecule has 0 heterocycles. The van der Waals surface area contributed by atoms with E-state index in [1.54, 1.807) is 0 Å². The maximum atomic E-state index is 6.60. The summed E-state index contributed by atoms with van der Waals surface area (Å²) in [6.45, 7) is 6.53. The van der Waals surface area contributed by atoms with Crippen LogP contribution in [0.15, 0.2) is 42.5 Å². The van der Waals surface area contributed by atoms with E-state index < -0.39 is 0 Å². The number of nitrogens with two attached hydrogens (primary N) is 2. The van der Waals surface area contributed by atoms with Gasteiger partial charge >= 0.3 is 0 Å². The van der Waals surface area contributed by atoms with Gasteiger partial charge < -0.3 is 11.5 Å². The number of rotatable bonds is 1. The molecule has 3 rings (SSSR count). The average Bonchev–Trinajstić information content (AvgIpc) is 2.65. The van der Waals surface area contributed by atoms with Crippen LogP contribution in [0.2, 0.25) is 0 Å². The van der Waals surface area contributed by atoms with Gasteiger partial charge in [0.05, 0.1) is 0 Å². The maximum Gasteiger partial charge on any atom is 0.0343 e. The van der Waals surface area contributed by atoms with Crippen LogP contribution in [0, 0.1) is 6.92 Å². The summed E-state index contributed by atoms with van der Waals surface area (Å²) in [5, 5.41) is 0. The predicted molar refractivity (Wildman–Crippen MR) is 84.9 cm³/mol. The van der Waals surface area contributed by atoms with Gasteiger partial charge in [0, 0.05) is 17.1 Å². The molecule has 0 saturated carbocycles. The molecule has 0 fully saturated rings. The lowest BCUT2D eigenvalue weighted by Gasteiger charge is -2.33. The van der Waals surface area contributed by atoms with Gasteiger partial charge in [0.2, 0.25) is 0 Å². The van der Waals surface area contributed by atoms with Crippen LogP contribution in [0.4, 0.5) is 5.69 Å². The zero-order chi connectivity index (χ0) is 14.5.